The molecule has 0 aliphatic carbocycles. The smallest absolute Gasteiger partial charge is 0.433 e. The van der Waals surface area contributed by atoms with Crippen LogP contribution in [0, 0.1) is 10.1 Å². The lowest BCUT2D eigenvalue weighted by molar-refractivity contribution is -0.402. The fourth-order valence-corrected chi connectivity index (χ4v) is 4.59. The van der Waals surface area contributed by atoms with Crippen molar-refractivity contribution < 1.29 is 28.7 Å². The third-order valence-corrected chi connectivity index (χ3v) is 6.11. The molecule has 0 spiro atoms. The number of allylic oxidation sites excluding steroid dienone is 1. The number of carbonyl (C=O) groups excluding carboxylic acids is 1. The summed E-state index contributed by atoms with van der Waals surface area (Å²) in [6.45, 7) is 3.41. The molecule has 0 bridgehead atoms. The van der Waals surface area contributed by atoms with Crippen LogP contribution >= 0.6 is 11.3 Å². The first kappa shape index (κ1) is 23.0. The maximum Gasteiger partial charge on any atom is 0.433 e. The third kappa shape index (κ3) is 3.99. The number of benzene rings is 1. The minimum Gasteiger partial charge on any atom is -0.504 e. The number of nitro groups is 1. The number of esters is 1. The minimum absolute atomic E-state index is 0.0714. The first-order valence-electron chi connectivity index (χ1n) is 10.1. The van der Waals surface area contributed by atoms with Crippen LogP contribution in [0.15, 0.2) is 50.1 Å². The molecule has 1 N–H and O–H groups in total. The van der Waals surface area contributed by atoms with Crippen LogP contribution < -0.4 is 19.6 Å². The summed E-state index contributed by atoms with van der Waals surface area (Å²) < 4.78 is 17.1. The van der Waals surface area contributed by atoms with E-state index in [2.05, 4.69) is 4.99 Å². The van der Waals surface area contributed by atoms with E-state index in [1.807, 2.05) is 0 Å². The van der Waals surface area contributed by atoms with Gasteiger partial charge in [-0.05, 0) is 37.6 Å². The predicted octanol–water partition coefficient (Wildman–Crippen LogP) is 2.12. The van der Waals surface area contributed by atoms with Gasteiger partial charge in [0.05, 0.1) is 25.4 Å². The molecule has 4 rings (SSSR count). The molecule has 0 saturated carbocycles. The van der Waals surface area contributed by atoms with Gasteiger partial charge in [0.2, 0.25) is 0 Å². The van der Waals surface area contributed by atoms with Crippen LogP contribution in [0.2, 0.25) is 0 Å². The van der Waals surface area contributed by atoms with Crippen molar-refractivity contribution in [2.45, 2.75) is 19.9 Å². The number of thiazole rings is 1. The van der Waals surface area contributed by atoms with E-state index in [1.54, 1.807) is 26.0 Å². The Kier molecular flexibility index (Phi) is 6.07. The summed E-state index contributed by atoms with van der Waals surface area (Å²) in [6, 6.07) is 6.36. The van der Waals surface area contributed by atoms with Crippen molar-refractivity contribution >= 4 is 35.0 Å². The number of hydrogen-bond donors (Lipinski definition) is 1. The van der Waals surface area contributed by atoms with Gasteiger partial charge in [-0.3, -0.25) is 19.5 Å². The molecule has 11 nitrogen and oxygen atoms in total. The molecule has 0 saturated heterocycles. The number of nitrogens with zero attached hydrogens (tertiary/aromatic N) is 3. The lowest BCUT2D eigenvalue weighted by Gasteiger charge is -2.22. The van der Waals surface area contributed by atoms with E-state index in [4.69, 9.17) is 13.9 Å². The van der Waals surface area contributed by atoms with Gasteiger partial charge >= 0.3 is 11.9 Å². The molecule has 0 fully saturated rings. The summed E-state index contributed by atoms with van der Waals surface area (Å²) in [5.74, 6) is -0.805. The zero-order chi connectivity index (χ0) is 24.6. The number of ether oxygens (including phenoxy) is 2. The normalized spacial score (nSPS) is 15.6. The lowest BCUT2D eigenvalue weighted by atomic mass is 9.96. The molecular weight excluding hydrogens is 466 g/mol. The molecule has 1 atom stereocenters. The number of fused-ring (bicyclic) bond motifs is 1. The molecule has 3 heterocycles. The van der Waals surface area contributed by atoms with Crippen LogP contribution in [0.5, 0.6) is 11.5 Å². The van der Waals surface area contributed by atoms with E-state index in [9.17, 15) is 24.8 Å². The average Bonchev–Trinajstić information content (AvgIpc) is 3.39. The summed E-state index contributed by atoms with van der Waals surface area (Å²) in [5.41, 5.74) is 0.606. The fraction of sp³-hybridized carbons (Fsp3) is 0.227. The van der Waals surface area contributed by atoms with Crippen LogP contribution in [-0.2, 0) is 9.53 Å². The first-order chi connectivity index (χ1) is 16.2. The SMILES string of the molecule is CCOC(=O)C1=C(C)n2c(s/c(=C/c3ccc([N+](=O)[O-])o3)c2=O)=N[C@H]1c1ccc(O)c(OC)c1. The molecule has 1 aliphatic heterocycles. The second-order valence-corrected chi connectivity index (χ2v) is 8.16. The van der Waals surface area contributed by atoms with E-state index in [0.29, 0.717) is 16.1 Å². The molecular formula is C22H19N3O8S. The largest absolute Gasteiger partial charge is 0.504 e. The quantitative estimate of drug-likeness (QED) is 0.317. The Labute approximate surface area is 195 Å². The summed E-state index contributed by atoms with van der Waals surface area (Å²) >= 11 is 1.05. The number of furan rings is 1. The van der Waals surface area contributed by atoms with Crippen molar-refractivity contribution in [3.63, 3.8) is 0 Å². The van der Waals surface area contributed by atoms with E-state index in [-0.39, 0.29) is 34.0 Å². The van der Waals surface area contributed by atoms with Gasteiger partial charge in [-0.15, -0.1) is 0 Å². The fourth-order valence-electron chi connectivity index (χ4n) is 3.57. The number of phenols is 1. The summed E-state index contributed by atoms with van der Waals surface area (Å²) in [7, 11) is 1.40. The van der Waals surface area contributed by atoms with Crippen LogP contribution in [0.25, 0.3) is 11.8 Å². The molecule has 0 amide bonds. The van der Waals surface area contributed by atoms with Crippen LogP contribution in [-0.4, -0.2) is 34.3 Å². The number of hydrogen-bond acceptors (Lipinski definition) is 10. The van der Waals surface area contributed by atoms with Gasteiger partial charge in [0.25, 0.3) is 5.56 Å². The highest BCUT2D eigenvalue weighted by Crippen LogP contribution is 2.36. The van der Waals surface area contributed by atoms with Crippen molar-refractivity contribution in [2.75, 3.05) is 13.7 Å². The number of phenolic OH excluding ortho intramolecular Hbond substituents is 1. The van der Waals surface area contributed by atoms with Gasteiger partial charge in [-0.1, -0.05) is 17.4 Å². The highest BCUT2D eigenvalue weighted by Gasteiger charge is 2.32. The maximum absolute atomic E-state index is 13.2. The lowest BCUT2D eigenvalue weighted by Crippen LogP contribution is -2.35. The van der Waals surface area contributed by atoms with E-state index in [1.165, 1.54) is 36.0 Å². The molecule has 1 aliphatic rings. The van der Waals surface area contributed by atoms with E-state index >= 15 is 0 Å². The Morgan fingerprint density at radius 2 is 2.15 bits per heavy atom. The Morgan fingerprint density at radius 3 is 2.79 bits per heavy atom. The molecule has 12 heteroatoms. The second kappa shape index (κ2) is 8.98. The van der Waals surface area contributed by atoms with E-state index < -0.39 is 28.4 Å². The van der Waals surface area contributed by atoms with E-state index in [0.717, 1.165) is 11.3 Å². The zero-order valence-electron chi connectivity index (χ0n) is 18.3. The number of rotatable bonds is 6. The molecule has 0 radical (unpaired) electrons. The van der Waals surface area contributed by atoms with Crippen LogP contribution in [0.1, 0.15) is 31.2 Å². The monoisotopic (exact) mass is 485 g/mol. The second-order valence-electron chi connectivity index (χ2n) is 7.15. The Hall–Kier alpha value is -4.19. The number of methoxy groups -OCH3 is 1. The average molecular weight is 485 g/mol. The molecule has 2 aromatic heterocycles. The highest BCUT2D eigenvalue weighted by molar-refractivity contribution is 7.07. The Bertz CT molecular complexity index is 1510. The standard InChI is InChI=1S/C22H19N3O8S/c1-4-32-21(28)18-11(2)24-20(27)16(10-13-6-8-17(33-13)25(29)30)34-22(24)23-19(18)12-5-7-14(26)15(9-12)31-3/h5-10,19,26H,4H2,1-3H3/b16-10+/t19-/m0/s1. The summed E-state index contributed by atoms with van der Waals surface area (Å²) in [5, 5.41) is 20.8. The van der Waals surface area contributed by atoms with Crippen molar-refractivity contribution in [1.82, 2.24) is 4.57 Å². The van der Waals surface area contributed by atoms with Gasteiger partial charge in [0.15, 0.2) is 16.3 Å². The van der Waals surface area contributed by atoms with Gasteiger partial charge in [0, 0.05) is 11.8 Å². The Balaban J connectivity index is 1.93. The molecule has 3 aromatic rings. The minimum atomic E-state index is -0.816. The van der Waals surface area contributed by atoms with Gasteiger partial charge in [-0.2, -0.15) is 0 Å². The maximum atomic E-state index is 13.2. The van der Waals surface area contributed by atoms with Crippen molar-refractivity contribution in [3.05, 3.63) is 77.0 Å². The number of aromatic hydroxyl groups is 1. The molecule has 0 unspecified atom stereocenters. The number of carbonyl (C=O) groups is 1. The molecule has 34 heavy (non-hydrogen) atoms. The molecule has 176 valence electrons. The highest BCUT2D eigenvalue weighted by atomic mass is 32.1. The van der Waals surface area contributed by atoms with Gasteiger partial charge in [-0.25, -0.2) is 9.79 Å². The Morgan fingerprint density at radius 1 is 1.38 bits per heavy atom. The zero-order valence-corrected chi connectivity index (χ0v) is 19.1. The van der Waals surface area contributed by atoms with Crippen LogP contribution in [0.3, 0.4) is 0 Å². The van der Waals surface area contributed by atoms with Crippen molar-refractivity contribution in [3.8, 4) is 11.5 Å². The van der Waals surface area contributed by atoms with Crippen molar-refractivity contribution in [1.29, 1.82) is 0 Å². The molecule has 1 aromatic carbocycles. The third-order valence-electron chi connectivity index (χ3n) is 5.13. The van der Waals surface area contributed by atoms with Crippen molar-refractivity contribution in [2.24, 2.45) is 4.99 Å². The first-order valence-corrected chi connectivity index (χ1v) is 10.9. The summed E-state index contributed by atoms with van der Waals surface area (Å²) in [4.78, 5) is 41.2. The number of aromatic nitrogens is 1. The van der Waals surface area contributed by atoms with Gasteiger partial charge < -0.3 is 19.0 Å². The summed E-state index contributed by atoms with van der Waals surface area (Å²) in [6.07, 6.45) is 1.39. The topological polar surface area (TPSA) is 146 Å². The van der Waals surface area contributed by atoms with Crippen LogP contribution in [0.4, 0.5) is 5.88 Å². The predicted molar refractivity (Wildman–Crippen MR) is 121 cm³/mol. The van der Waals surface area contributed by atoms with Gasteiger partial charge in [0.1, 0.15) is 21.3 Å².